The van der Waals surface area contributed by atoms with Gasteiger partial charge in [-0.15, -0.1) is 0 Å². The molecule has 0 saturated carbocycles. The number of carbonyl (C=O) groups is 1. The molecule has 0 unspecified atom stereocenters. The van der Waals surface area contributed by atoms with Crippen LogP contribution in [0.4, 0.5) is 5.95 Å². The molecule has 0 spiro atoms. The predicted molar refractivity (Wildman–Crippen MR) is 86.1 cm³/mol. The lowest BCUT2D eigenvalue weighted by Crippen LogP contribution is -2.16. The van der Waals surface area contributed by atoms with Gasteiger partial charge in [-0.05, 0) is 26.8 Å². The topological polar surface area (TPSA) is 80.9 Å². The molecule has 0 aliphatic heterocycles. The van der Waals surface area contributed by atoms with Crippen molar-refractivity contribution in [2.45, 2.75) is 20.8 Å². The predicted octanol–water partition coefficient (Wildman–Crippen LogP) is 3.31. The summed E-state index contributed by atoms with van der Waals surface area (Å²) in [5.74, 6) is 0.380. The monoisotopic (exact) mass is 308 g/mol. The Morgan fingerprint density at radius 1 is 1.04 bits per heavy atom. The van der Waals surface area contributed by atoms with E-state index in [1.807, 2.05) is 50.2 Å². The first-order valence-corrected chi connectivity index (χ1v) is 7.20. The molecule has 0 radical (unpaired) electrons. The molecule has 0 aliphatic carbocycles. The minimum atomic E-state index is -0.340. The highest BCUT2D eigenvalue weighted by molar-refractivity contribution is 6.08. The molecule has 0 bridgehead atoms. The molecule has 116 valence electrons. The lowest BCUT2D eigenvalue weighted by atomic mass is 10.1. The number of aromatic nitrogens is 3. The number of hydrogen-bond donors (Lipinski definition) is 1. The fourth-order valence-electron chi connectivity index (χ4n) is 2.38. The molecule has 6 nitrogen and oxygen atoms in total. The fraction of sp³-hybridized carbons (Fsp3) is 0.176. The van der Waals surface area contributed by atoms with E-state index in [2.05, 4.69) is 20.4 Å². The van der Waals surface area contributed by atoms with E-state index in [0.29, 0.717) is 17.0 Å². The molecule has 23 heavy (non-hydrogen) atoms. The molecule has 1 amide bonds. The van der Waals surface area contributed by atoms with Crippen molar-refractivity contribution < 1.29 is 9.32 Å². The summed E-state index contributed by atoms with van der Waals surface area (Å²) in [5, 5.41) is 6.72. The van der Waals surface area contributed by atoms with Crippen molar-refractivity contribution in [2.24, 2.45) is 0 Å². The number of hydrogen-bond acceptors (Lipinski definition) is 5. The molecule has 3 rings (SSSR count). The zero-order chi connectivity index (χ0) is 16.4. The summed E-state index contributed by atoms with van der Waals surface area (Å²) in [4.78, 5) is 21.1. The van der Waals surface area contributed by atoms with E-state index in [4.69, 9.17) is 4.52 Å². The number of nitrogens with zero attached hydrogens (tertiary/aromatic N) is 3. The maximum absolute atomic E-state index is 12.6. The van der Waals surface area contributed by atoms with Crippen molar-refractivity contribution in [3.63, 3.8) is 0 Å². The standard InChI is InChI=1S/C17H16N4O2/c1-10-9-11(2)19-17(18-10)20-16(22)14-12(3)23-21-15(14)13-7-5-4-6-8-13/h4-9H,1-3H3,(H,18,19,20,22). The molecule has 0 saturated heterocycles. The first-order valence-electron chi connectivity index (χ1n) is 7.20. The summed E-state index contributed by atoms with van der Waals surface area (Å²) in [6, 6.07) is 11.3. The fourth-order valence-corrected chi connectivity index (χ4v) is 2.38. The van der Waals surface area contributed by atoms with Crippen LogP contribution in [0.5, 0.6) is 0 Å². The zero-order valence-corrected chi connectivity index (χ0v) is 13.1. The smallest absolute Gasteiger partial charge is 0.263 e. The van der Waals surface area contributed by atoms with Gasteiger partial charge in [-0.25, -0.2) is 9.97 Å². The summed E-state index contributed by atoms with van der Waals surface area (Å²) in [5.41, 5.74) is 3.29. The van der Waals surface area contributed by atoms with Crippen molar-refractivity contribution in [1.82, 2.24) is 15.1 Å². The van der Waals surface area contributed by atoms with Gasteiger partial charge in [0.15, 0.2) is 0 Å². The largest absolute Gasteiger partial charge is 0.360 e. The van der Waals surface area contributed by atoms with Gasteiger partial charge in [0.25, 0.3) is 5.91 Å². The van der Waals surface area contributed by atoms with Crippen LogP contribution in [-0.2, 0) is 0 Å². The number of amides is 1. The van der Waals surface area contributed by atoms with Gasteiger partial charge in [0, 0.05) is 17.0 Å². The van der Waals surface area contributed by atoms with E-state index in [-0.39, 0.29) is 11.9 Å². The van der Waals surface area contributed by atoms with Crippen LogP contribution in [0.15, 0.2) is 40.9 Å². The number of benzene rings is 1. The van der Waals surface area contributed by atoms with Gasteiger partial charge < -0.3 is 4.52 Å². The van der Waals surface area contributed by atoms with E-state index >= 15 is 0 Å². The molecule has 2 heterocycles. The van der Waals surface area contributed by atoms with E-state index in [9.17, 15) is 4.79 Å². The quantitative estimate of drug-likeness (QED) is 0.803. The van der Waals surface area contributed by atoms with Crippen LogP contribution in [0.25, 0.3) is 11.3 Å². The Morgan fingerprint density at radius 2 is 1.70 bits per heavy atom. The lowest BCUT2D eigenvalue weighted by molar-refractivity contribution is 0.102. The second-order valence-corrected chi connectivity index (χ2v) is 5.26. The SMILES string of the molecule is Cc1cc(C)nc(NC(=O)c2c(-c3ccccc3)noc2C)n1. The first kappa shape index (κ1) is 14.9. The summed E-state index contributed by atoms with van der Waals surface area (Å²) >= 11 is 0. The Hall–Kier alpha value is -3.02. The molecule has 6 heteroatoms. The van der Waals surface area contributed by atoms with E-state index in [1.165, 1.54) is 0 Å². The van der Waals surface area contributed by atoms with Crippen LogP contribution < -0.4 is 5.32 Å². The second-order valence-electron chi connectivity index (χ2n) is 5.26. The van der Waals surface area contributed by atoms with Gasteiger partial charge in [0.05, 0.1) is 0 Å². The number of carbonyl (C=O) groups excluding carboxylic acids is 1. The van der Waals surface area contributed by atoms with Crippen molar-refractivity contribution >= 4 is 11.9 Å². The number of rotatable bonds is 3. The van der Waals surface area contributed by atoms with Gasteiger partial charge in [-0.2, -0.15) is 0 Å². The third kappa shape index (κ3) is 3.11. The van der Waals surface area contributed by atoms with Gasteiger partial charge in [-0.3, -0.25) is 10.1 Å². The van der Waals surface area contributed by atoms with Crippen LogP contribution in [0, 0.1) is 20.8 Å². The molecular weight excluding hydrogens is 292 g/mol. The molecule has 0 fully saturated rings. The van der Waals surface area contributed by atoms with E-state index in [0.717, 1.165) is 17.0 Å². The van der Waals surface area contributed by atoms with Gasteiger partial charge >= 0.3 is 0 Å². The third-order valence-corrected chi connectivity index (χ3v) is 3.34. The minimum absolute atomic E-state index is 0.270. The van der Waals surface area contributed by atoms with Crippen LogP contribution >= 0.6 is 0 Å². The molecule has 3 aromatic rings. The Balaban J connectivity index is 1.95. The maximum Gasteiger partial charge on any atom is 0.263 e. The van der Waals surface area contributed by atoms with Crippen molar-refractivity contribution in [3.8, 4) is 11.3 Å². The van der Waals surface area contributed by atoms with Crippen LogP contribution in [0.1, 0.15) is 27.5 Å². The Labute approximate surface area is 133 Å². The van der Waals surface area contributed by atoms with Gasteiger partial charge in [-0.1, -0.05) is 35.5 Å². The highest BCUT2D eigenvalue weighted by Gasteiger charge is 2.22. The average Bonchev–Trinajstić information content (AvgIpc) is 2.89. The molecule has 0 aliphatic rings. The maximum atomic E-state index is 12.6. The second kappa shape index (κ2) is 6.00. The summed E-state index contributed by atoms with van der Waals surface area (Å²) in [6.45, 7) is 5.41. The van der Waals surface area contributed by atoms with Crippen LogP contribution in [0.3, 0.4) is 0 Å². The van der Waals surface area contributed by atoms with Gasteiger partial charge in [0.1, 0.15) is 17.0 Å². The Morgan fingerprint density at radius 3 is 2.35 bits per heavy atom. The molecule has 2 aromatic heterocycles. The zero-order valence-electron chi connectivity index (χ0n) is 13.1. The Bertz CT molecular complexity index is 836. The number of anilines is 1. The van der Waals surface area contributed by atoms with Crippen molar-refractivity contribution in [3.05, 3.63) is 59.1 Å². The van der Waals surface area contributed by atoms with Crippen LogP contribution in [0.2, 0.25) is 0 Å². The molecule has 0 atom stereocenters. The lowest BCUT2D eigenvalue weighted by Gasteiger charge is -2.06. The number of nitrogens with one attached hydrogen (secondary N) is 1. The normalized spacial score (nSPS) is 10.6. The minimum Gasteiger partial charge on any atom is -0.360 e. The van der Waals surface area contributed by atoms with Gasteiger partial charge in [0.2, 0.25) is 5.95 Å². The summed E-state index contributed by atoms with van der Waals surface area (Å²) < 4.78 is 5.20. The van der Waals surface area contributed by atoms with Crippen molar-refractivity contribution in [1.29, 1.82) is 0 Å². The third-order valence-electron chi connectivity index (χ3n) is 3.34. The average molecular weight is 308 g/mol. The first-order chi connectivity index (χ1) is 11.0. The number of aryl methyl sites for hydroxylation is 3. The molecular formula is C17H16N4O2. The van der Waals surface area contributed by atoms with Crippen molar-refractivity contribution in [2.75, 3.05) is 5.32 Å². The highest BCUT2D eigenvalue weighted by Crippen LogP contribution is 2.25. The molecule has 1 aromatic carbocycles. The van der Waals surface area contributed by atoms with Crippen LogP contribution in [-0.4, -0.2) is 21.0 Å². The summed E-state index contributed by atoms with van der Waals surface area (Å²) in [7, 11) is 0. The summed E-state index contributed by atoms with van der Waals surface area (Å²) in [6.07, 6.45) is 0. The molecule has 1 N–H and O–H groups in total. The van der Waals surface area contributed by atoms with E-state index < -0.39 is 0 Å². The Kier molecular flexibility index (Phi) is 3.89. The van der Waals surface area contributed by atoms with E-state index in [1.54, 1.807) is 6.92 Å². The highest BCUT2D eigenvalue weighted by atomic mass is 16.5.